The van der Waals surface area contributed by atoms with E-state index in [1.54, 1.807) is 0 Å². The molecule has 2 rings (SSSR count). The quantitative estimate of drug-likeness (QED) is 0.895. The first-order valence-corrected chi connectivity index (χ1v) is 7.49. The van der Waals surface area contributed by atoms with Crippen LogP contribution in [-0.2, 0) is 4.79 Å². The van der Waals surface area contributed by atoms with Crippen LogP contribution in [0.25, 0.3) is 0 Å². The van der Waals surface area contributed by atoms with Crippen molar-refractivity contribution in [2.75, 3.05) is 45.1 Å². The van der Waals surface area contributed by atoms with E-state index in [9.17, 15) is 9.18 Å². The highest BCUT2D eigenvalue weighted by Gasteiger charge is 2.19. The Morgan fingerprint density at radius 1 is 1.40 bits per heavy atom. The number of nitrogens with one attached hydrogen (secondary N) is 1. The molecule has 0 aliphatic carbocycles. The molecule has 4 nitrogen and oxygen atoms in total. The molecule has 0 spiro atoms. The van der Waals surface area contributed by atoms with E-state index in [1.807, 2.05) is 11.9 Å². The number of hydrogen-bond acceptors (Lipinski definition) is 3. The minimum atomic E-state index is -0.419. The zero-order chi connectivity index (χ0) is 14.7. The number of likely N-dealkylation sites (N-methyl/N-ethyl adjacent to an activating group) is 1. The molecule has 1 amide bonds. The Bertz CT molecular complexity index is 483. The first kappa shape index (κ1) is 15.5. The van der Waals surface area contributed by atoms with Crippen LogP contribution in [0.2, 0.25) is 5.02 Å². The van der Waals surface area contributed by atoms with Gasteiger partial charge >= 0.3 is 0 Å². The van der Waals surface area contributed by atoms with Gasteiger partial charge in [-0.25, -0.2) is 4.39 Å². The number of halogens is 3. The molecule has 7 heteroatoms. The van der Waals surface area contributed by atoms with Gasteiger partial charge in [0, 0.05) is 30.7 Å². The summed E-state index contributed by atoms with van der Waals surface area (Å²) >= 11 is 9.19. The Hall–Kier alpha value is -0.850. The second-order valence-corrected chi connectivity index (χ2v) is 6.04. The minimum Gasteiger partial charge on any atom is -0.374 e. The van der Waals surface area contributed by atoms with Crippen LogP contribution in [0.5, 0.6) is 0 Å². The highest BCUT2D eigenvalue weighted by atomic mass is 79.9. The third kappa shape index (κ3) is 3.84. The van der Waals surface area contributed by atoms with Crippen molar-refractivity contribution < 1.29 is 9.18 Å². The number of carbonyl (C=O) groups is 1. The van der Waals surface area contributed by atoms with Gasteiger partial charge in [-0.1, -0.05) is 11.6 Å². The summed E-state index contributed by atoms with van der Waals surface area (Å²) in [6, 6.07) is 2.53. The first-order chi connectivity index (χ1) is 9.47. The van der Waals surface area contributed by atoms with Gasteiger partial charge in [0.1, 0.15) is 5.82 Å². The third-order valence-corrected chi connectivity index (χ3v) is 4.20. The molecule has 0 radical (unpaired) electrons. The van der Waals surface area contributed by atoms with E-state index in [4.69, 9.17) is 11.6 Å². The van der Waals surface area contributed by atoms with Crippen molar-refractivity contribution >= 4 is 39.1 Å². The van der Waals surface area contributed by atoms with E-state index in [0.29, 0.717) is 10.2 Å². The van der Waals surface area contributed by atoms with Gasteiger partial charge in [0.2, 0.25) is 5.91 Å². The summed E-state index contributed by atoms with van der Waals surface area (Å²) in [5.74, 6) is -0.400. The fourth-order valence-electron chi connectivity index (χ4n) is 2.04. The molecule has 1 saturated heterocycles. The molecule has 0 unspecified atom stereocenters. The molecule has 0 bridgehead atoms. The molecule has 20 heavy (non-hydrogen) atoms. The smallest absolute Gasteiger partial charge is 0.241 e. The maximum atomic E-state index is 13.1. The fourth-order valence-corrected chi connectivity index (χ4v) is 3.00. The van der Waals surface area contributed by atoms with Crippen LogP contribution in [-0.4, -0.2) is 55.5 Å². The normalized spacial score (nSPS) is 16.3. The van der Waals surface area contributed by atoms with Crippen LogP contribution in [0.4, 0.5) is 10.1 Å². The predicted octanol–water partition coefficient (Wildman–Crippen LogP) is 2.43. The molecule has 0 saturated carbocycles. The van der Waals surface area contributed by atoms with E-state index in [2.05, 4.69) is 26.1 Å². The van der Waals surface area contributed by atoms with Crippen molar-refractivity contribution in [3.8, 4) is 0 Å². The lowest BCUT2D eigenvalue weighted by Crippen LogP contribution is -2.48. The van der Waals surface area contributed by atoms with E-state index in [-0.39, 0.29) is 17.5 Å². The number of nitrogens with zero attached hydrogens (tertiary/aromatic N) is 2. The topological polar surface area (TPSA) is 35.6 Å². The van der Waals surface area contributed by atoms with Crippen LogP contribution in [0.3, 0.4) is 0 Å². The second kappa shape index (κ2) is 6.74. The number of benzene rings is 1. The molecule has 1 aliphatic rings. The van der Waals surface area contributed by atoms with Crippen molar-refractivity contribution in [3.63, 3.8) is 0 Å². The zero-order valence-electron chi connectivity index (χ0n) is 11.1. The van der Waals surface area contributed by atoms with Crippen LogP contribution in [0, 0.1) is 5.82 Å². The fraction of sp³-hybridized carbons (Fsp3) is 0.462. The standard InChI is InChI=1S/C13H16BrClFN3O/c1-18-2-4-19(5-3-18)12(20)8-17-13-10(14)6-9(16)7-11(13)15/h6-7,17H,2-5,8H2,1H3. The lowest BCUT2D eigenvalue weighted by molar-refractivity contribution is -0.130. The van der Waals surface area contributed by atoms with Crippen LogP contribution < -0.4 is 5.32 Å². The summed E-state index contributed by atoms with van der Waals surface area (Å²) in [4.78, 5) is 16.1. The molecule has 1 aromatic carbocycles. The molecule has 1 aliphatic heterocycles. The zero-order valence-corrected chi connectivity index (χ0v) is 13.5. The summed E-state index contributed by atoms with van der Waals surface area (Å²) in [7, 11) is 2.04. The predicted molar refractivity (Wildman–Crippen MR) is 81.7 cm³/mol. The van der Waals surface area contributed by atoms with Crippen molar-refractivity contribution in [1.29, 1.82) is 0 Å². The van der Waals surface area contributed by atoms with Gasteiger partial charge in [-0.05, 0) is 35.1 Å². The summed E-state index contributed by atoms with van der Waals surface area (Å²) in [5, 5.41) is 3.22. The van der Waals surface area contributed by atoms with E-state index < -0.39 is 5.82 Å². The number of rotatable bonds is 3. The molecule has 0 aromatic heterocycles. The van der Waals surface area contributed by atoms with Gasteiger partial charge in [0.05, 0.1) is 17.3 Å². The molecule has 110 valence electrons. The molecule has 1 N–H and O–H groups in total. The lowest BCUT2D eigenvalue weighted by Gasteiger charge is -2.32. The average molecular weight is 365 g/mol. The molecule has 1 heterocycles. The van der Waals surface area contributed by atoms with E-state index >= 15 is 0 Å². The van der Waals surface area contributed by atoms with E-state index in [0.717, 1.165) is 26.2 Å². The Balaban J connectivity index is 1.94. The SMILES string of the molecule is CN1CCN(C(=O)CNc2c(Cl)cc(F)cc2Br)CC1. The Morgan fingerprint density at radius 2 is 2.05 bits per heavy atom. The minimum absolute atomic E-state index is 0.0189. The van der Waals surface area contributed by atoms with Crippen molar-refractivity contribution in [2.24, 2.45) is 0 Å². The third-order valence-electron chi connectivity index (χ3n) is 3.28. The van der Waals surface area contributed by atoms with Crippen LogP contribution in [0.1, 0.15) is 0 Å². The molecule has 1 fully saturated rings. The number of carbonyl (C=O) groups excluding carboxylic acids is 1. The highest BCUT2D eigenvalue weighted by Crippen LogP contribution is 2.31. The molecule has 1 aromatic rings. The Kier molecular flexibility index (Phi) is 5.23. The van der Waals surface area contributed by atoms with Crippen molar-refractivity contribution in [3.05, 3.63) is 27.4 Å². The van der Waals surface area contributed by atoms with Gasteiger partial charge < -0.3 is 15.1 Å². The summed E-state index contributed by atoms with van der Waals surface area (Å²) < 4.78 is 13.6. The molecular weight excluding hydrogens is 349 g/mol. The Labute approximate surface area is 131 Å². The van der Waals surface area contributed by atoms with Crippen molar-refractivity contribution in [2.45, 2.75) is 0 Å². The monoisotopic (exact) mass is 363 g/mol. The molecular formula is C13H16BrClFN3O. The summed E-state index contributed by atoms with van der Waals surface area (Å²) in [5.41, 5.74) is 0.538. The summed E-state index contributed by atoms with van der Waals surface area (Å²) in [6.45, 7) is 3.37. The number of hydrogen-bond donors (Lipinski definition) is 1. The Morgan fingerprint density at radius 3 is 2.65 bits per heavy atom. The maximum Gasteiger partial charge on any atom is 0.241 e. The number of amides is 1. The maximum absolute atomic E-state index is 13.1. The highest BCUT2D eigenvalue weighted by molar-refractivity contribution is 9.10. The largest absolute Gasteiger partial charge is 0.374 e. The van der Waals surface area contributed by atoms with Gasteiger partial charge in [0.25, 0.3) is 0 Å². The number of piperazine rings is 1. The van der Waals surface area contributed by atoms with E-state index in [1.165, 1.54) is 12.1 Å². The first-order valence-electron chi connectivity index (χ1n) is 6.32. The second-order valence-electron chi connectivity index (χ2n) is 4.78. The van der Waals surface area contributed by atoms with Crippen LogP contribution >= 0.6 is 27.5 Å². The van der Waals surface area contributed by atoms with Gasteiger partial charge in [-0.2, -0.15) is 0 Å². The summed E-state index contributed by atoms with van der Waals surface area (Å²) in [6.07, 6.45) is 0. The molecule has 0 atom stereocenters. The lowest BCUT2D eigenvalue weighted by atomic mass is 10.3. The van der Waals surface area contributed by atoms with Gasteiger partial charge in [0.15, 0.2) is 0 Å². The number of anilines is 1. The van der Waals surface area contributed by atoms with Crippen LogP contribution in [0.15, 0.2) is 16.6 Å². The average Bonchev–Trinajstić information content (AvgIpc) is 2.38. The van der Waals surface area contributed by atoms with Gasteiger partial charge in [-0.15, -0.1) is 0 Å². The van der Waals surface area contributed by atoms with Crippen molar-refractivity contribution in [1.82, 2.24) is 9.80 Å². The van der Waals surface area contributed by atoms with Gasteiger partial charge in [-0.3, -0.25) is 4.79 Å².